The van der Waals surface area contributed by atoms with Crippen LogP contribution in [0.1, 0.15) is 49.3 Å². The van der Waals surface area contributed by atoms with E-state index in [-0.39, 0.29) is 5.91 Å². The Kier molecular flexibility index (Phi) is 7.55. The zero-order chi connectivity index (χ0) is 26.9. The highest BCUT2D eigenvalue weighted by Crippen LogP contribution is 2.37. The van der Waals surface area contributed by atoms with Crippen LogP contribution in [0, 0.1) is 0 Å². The summed E-state index contributed by atoms with van der Waals surface area (Å²) in [6.45, 7) is 9.76. The van der Waals surface area contributed by atoms with Crippen molar-refractivity contribution in [3.63, 3.8) is 0 Å². The Labute approximate surface area is 228 Å². The molecular formula is C29H33BN2O5S. The molecule has 0 saturated carbocycles. The van der Waals surface area contributed by atoms with Gasteiger partial charge in [0.15, 0.2) is 0 Å². The molecule has 2 aliphatic heterocycles. The minimum absolute atomic E-state index is 0.127. The number of ether oxygens (including phenoxy) is 2. The molecule has 38 heavy (non-hydrogen) atoms. The Morgan fingerprint density at radius 2 is 1.82 bits per heavy atom. The normalized spacial score (nSPS) is 18.0. The maximum absolute atomic E-state index is 12.9. The Hall–Kier alpha value is -2.85. The van der Waals surface area contributed by atoms with Gasteiger partial charge in [-0.15, -0.1) is 11.8 Å². The van der Waals surface area contributed by atoms with Gasteiger partial charge in [0.25, 0.3) is 5.91 Å². The van der Waals surface area contributed by atoms with Crippen LogP contribution in [0.15, 0.2) is 59.6 Å². The molecule has 0 aliphatic carbocycles. The van der Waals surface area contributed by atoms with E-state index in [0.717, 1.165) is 45.1 Å². The first-order valence-electron chi connectivity index (χ1n) is 12.8. The van der Waals surface area contributed by atoms with E-state index in [1.807, 2.05) is 76.2 Å². The van der Waals surface area contributed by atoms with Crippen molar-refractivity contribution in [1.29, 1.82) is 0 Å². The lowest BCUT2D eigenvalue weighted by atomic mass is 9.77. The van der Waals surface area contributed by atoms with Crippen molar-refractivity contribution < 1.29 is 23.6 Å². The Morgan fingerprint density at radius 3 is 2.58 bits per heavy atom. The highest BCUT2D eigenvalue weighted by atomic mass is 32.2. The van der Waals surface area contributed by atoms with Crippen LogP contribution < -0.4 is 15.5 Å². The number of pyridine rings is 1. The van der Waals surface area contributed by atoms with E-state index in [4.69, 9.17) is 18.8 Å². The number of hydrogen-bond donors (Lipinski definition) is 1. The van der Waals surface area contributed by atoms with Gasteiger partial charge in [0.05, 0.1) is 43.8 Å². The molecule has 1 saturated heterocycles. The number of thioether (sulfide) groups is 1. The average Bonchev–Trinajstić information content (AvgIpc) is 3.05. The first-order chi connectivity index (χ1) is 18.2. The van der Waals surface area contributed by atoms with E-state index in [2.05, 4.69) is 10.3 Å². The number of nitrogens with zero attached hydrogens (tertiary/aromatic N) is 1. The number of amides is 1. The highest BCUT2D eigenvalue weighted by Gasteiger charge is 2.52. The summed E-state index contributed by atoms with van der Waals surface area (Å²) in [5, 5.41) is 3.01. The second kappa shape index (κ2) is 10.7. The molecule has 1 aromatic heterocycles. The molecule has 7 nitrogen and oxygen atoms in total. The summed E-state index contributed by atoms with van der Waals surface area (Å²) in [6.07, 6.45) is 1.76. The molecule has 198 valence electrons. The molecule has 5 rings (SSSR count). The molecule has 0 unspecified atom stereocenters. The molecule has 0 spiro atoms. The predicted molar refractivity (Wildman–Crippen MR) is 150 cm³/mol. The number of benzene rings is 2. The summed E-state index contributed by atoms with van der Waals surface area (Å²) in [4.78, 5) is 18.5. The topological polar surface area (TPSA) is 78.9 Å². The molecule has 2 aromatic carbocycles. The number of carbonyl (C=O) groups is 1. The van der Waals surface area contributed by atoms with Crippen LogP contribution in [0.2, 0.25) is 0 Å². The van der Waals surface area contributed by atoms with Crippen molar-refractivity contribution in [1.82, 2.24) is 10.3 Å². The first kappa shape index (κ1) is 26.7. The third-order valence-electron chi connectivity index (χ3n) is 7.39. The lowest BCUT2D eigenvalue weighted by molar-refractivity contribution is 0.00578. The highest BCUT2D eigenvalue weighted by molar-refractivity contribution is 7.99. The van der Waals surface area contributed by atoms with Crippen LogP contribution in [0.25, 0.3) is 11.1 Å². The molecular weight excluding hydrogens is 499 g/mol. The Bertz CT molecular complexity index is 1330. The fourth-order valence-corrected chi connectivity index (χ4v) is 5.38. The summed E-state index contributed by atoms with van der Waals surface area (Å²) in [5.41, 5.74) is 4.41. The zero-order valence-corrected chi connectivity index (χ0v) is 23.3. The van der Waals surface area contributed by atoms with Crippen LogP contribution in [-0.4, -0.2) is 48.7 Å². The van der Waals surface area contributed by atoms with Gasteiger partial charge in [-0.1, -0.05) is 18.2 Å². The van der Waals surface area contributed by atoms with Gasteiger partial charge in [-0.05, 0) is 74.7 Å². The number of nitrogens with one attached hydrogen (secondary N) is 1. The van der Waals surface area contributed by atoms with Crippen LogP contribution in [-0.2, 0) is 27.2 Å². The zero-order valence-electron chi connectivity index (χ0n) is 22.5. The van der Waals surface area contributed by atoms with Crippen LogP contribution >= 0.6 is 11.8 Å². The molecule has 9 heteroatoms. The van der Waals surface area contributed by atoms with Gasteiger partial charge in [0.1, 0.15) is 5.75 Å². The largest absolute Gasteiger partial charge is 0.498 e. The van der Waals surface area contributed by atoms with Crippen molar-refractivity contribution in [3.05, 3.63) is 71.5 Å². The van der Waals surface area contributed by atoms with E-state index in [1.165, 1.54) is 0 Å². The van der Waals surface area contributed by atoms with E-state index < -0.39 is 18.3 Å². The van der Waals surface area contributed by atoms with Gasteiger partial charge in [0, 0.05) is 27.9 Å². The van der Waals surface area contributed by atoms with E-state index in [0.29, 0.717) is 24.5 Å². The standard InChI is InChI=1S/C29H33BN2O5S/c1-28(2)29(3,4)37-30(36-28)24-15-19(8-9-25(24)34-5)20-10-11-31-23(14-20)17-32-27(33)21-6-7-22-18-35-12-13-38-26(22)16-21/h6-11,14-16H,12-13,17-18H2,1-5H3,(H,32,33). The quantitative estimate of drug-likeness (QED) is 0.465. The van der Waals surface area contributed by atoms with Gasteiger partial charge in [0.2, 0.25) is 0 Å². The Balaban J connectivity index is 1.32. The molecule has 0 radical (unpaired) electrons. The van der Waals surface area contributed by atoms with Crippen LogP contribution in [0.4, 0.5) is 0 Å². The van der Waals surface area contributed by atoms with Crippen molar-refractivity contribution in [3.8, 4) is 16.9 Å². The second-order valence-electron chi connectivity index (χ2n) is 10.5. The first-order valence-corrected chi connectivity index (χ1v) is 13.8. The Morgan fingerprint density at radius 1 is 1.05 bits per heavy atom. The molecule has 2 aliphatic rings. The fraction of sp³-hybridized carbons (Fsp3) is 0.379. The number of rotatable bonds is 6. The third-order valence-corrected chi connectivity index (χ3v) is 8.45. The molecule has 0 bridgehead atoms. The lowest BCUT2D eigenvalue weighted by Gasteiger charge is -2.32. The summed E-state index contributed by atoms with van der Waals surface area (Å²) in [7, 11) is 1.11. The van der Waals surface area contributed by atoms with E-state index >= 15 is 0 Å². The smallest absolute Gasteiger partial charge is 0.497 e. The number of methoxy groups -OCH3 is 1. The monoisotopic (exact) mass is 532 g/mol. The molecule has 3 aromatic rings. The van der Waals surface area contributed by atoms with Crippen molar-refractivity contribution in [2.24, 2.45) is 0 Å². The van der Waals surface area contributed by atoms with Crippen LogP contribution in [0.3, 0.4) is 0 Å². The average molecular weight is 532 g/mol. The SMILES string of the molecule is COc1ccc(-c2ccnc(CNC(=O)c3ccc4c(c3)SCCOC4)c2)cc1B1OC(C)(C)C(C)(C)O1. The molecule has 0 atom stereocenters. The van der Waals surface area contributed by atoms with E-state index in [1.54, 1.807) is 25.1 Å². The van der Waals surface area contributed by atoms with Gasteiger partial charge >= 0.3 is 7.12 Å². The van der Waals surface area contributed by atoms with Crippen molar-refractivity contribution in [2.75, 3.05) is 19.5 Å². The minimum Gasteiger partial charge on any atom is -0.497 e. The van der Waals surface area contributed by atoms with Gasteiger partial charge in [-0.3, -0.25) is 9.78 Å². The number of fused-ring (bicyclic) bond motifs is 1. The van der Waals surface area contributed by atoms with Crippen LogP contribution in [0.5, 0.6) is 5.75 Å². The molecule has 1 N–H and O–H groups in total. The molecule has 1 amide bonds. The fourth-order valence-electron chi connectivity index (χ4n) is 4.44. The number of carbonyl (C=O) groups excluding carboxylic acids is 1. The third kappa shape index (κ3) is 5.47. The minimum atomic E-state index is -0.541. The van der Waals surface area contributed by atoms with Crippen molar-refractivity contribution in [2.45, 2.75) is 56.9 Å². The van der Waals surface area contributed by atoms with Gasteiger partial charge < -0.3 is 24.1 Å². The van der Waals surface area contributed by atoms with Crippen molar-refractivity contribution >= 4 is 30.3 Å². The molecule has 1 fully saturated rings. The maximum atomic E-state index is 12.9. The number of hydrogen-bond acceptors (Lipinski definition) is 7. The summed E-state index contributed by atoms with van der Waals surface area (Å²) < 4.78 is 23.8. The number of aromatic nitrogens is 1. The van der Waals surface area contributed by atoms with Gasteiger partial charge in [-0.2, -0.15) is 0 Å². The molecule has 3 heterocycles. The second-order valence-corrected chi connectivity index (χ2v) is 11.6. The summed E-state index contributed by atoms with van der Waals surface area (Å²) >= 11 is 1.72. The summed E-state index contributed by atoms with van der Waals surface area (Å²) in [6, 6.07) is 15.7. The lowest BCUT2D eigenvalue weighted by Crippen LogP contribution is -2.41. The maximum Gasteiger partial charge on any atom is 0.498 e. The summed E-state index contributed by atoms with van der Waals surface area (Å²) in [5.74, 6) is 1.47. The van der Waals surface area contributed by atoms with Gasteiger partial charge in [-0.25, -0.2) is 0 Å². The predicted octanol–water partition coefficient (Wildman–Crippen LogP) is 4.61. The van der Waals surface area contributed by atoms with E-state index in [9.17, 15) is 4.79 Å².